The highest BCUT2D eigenvalue weighted by Crippen LogP contribution is 2.33. The molecule has 1 aliphatic rings. The molecule has 0 bridgehead atoms. The number of benzene rings is 2. The number of halogens is 1. The minimum atomic E-state index is -0.500. The smallest absolute Gasteiger partial charge is 0.410 e. The number of hydrogen-bond donors (Lipinski definition) is 0. The molecule has 2 aromatic heterocycles. The molecule has 0 saturated carbocycles. The third kappa shape index (κ3) is 6.86. The van der Waals surface area contributed by atoms with Crippen molar-refractivity contribution >= 4 is 29.5 Å². The Hall–Kier alpha value is -3.50. The van der Waals surface area contributed by atoms with Gasteiger partial charge in [-0.05, 0) is 83.6 Å². The number of aromatic nitrogens is 5. The first-order valence-corrected chi connectivity index (χ1v) is 16.1. The summed E-state index contributed by atoms with van der Waals surface area (Å²) in [5, 5.41) is 10.3. The van der Waals surface area contributed by atoms with Crippen LogP contribution in [0.3, 0.4) is 0 Å². The number of nitrogens with zero attached hydrogens (tertiary/aromatic N) is 6. The summed E-state index contributed by atoms with van der Waals surface area (Å²) in [7, 11) is 1.88. The van der Waals surface area contributed by atoms with E-state index >= 15 is 0 Å². The summed E-state index contributed by atoms with van der Waals surface area (Å²) in [6.45, 7) is 9.03. The van der Waals surface area contributed by atoms with Gasteiger partial charge in [-0.15, -0.1) is 10.2 Å². The van der Waals surface area contributed by atoms with Gasteiger partial charge in [-0.2, -0.15) is 0 Å². The molecule has 43 heavy (non-hydrogen) atoms. The standard InChI is InChI=1S/C32H39ClN6O3S/c1-22-27(29(40)39(36(22)5)24-13-7-6-8-14-24)38-28(25-15-9-10-16-26(25)33)34-35-30(38)43-21-18-23-12-11-19-37(20-17-23)31(41)42-32(2,3)4/h6-10,13-16,23H,11-12,17-21H2,1-5H3. The fraction of sp³-hybridized carbons (Fsp3) is 0.438. The lowest BCUT2D eigenvalue weighted by molar-refractivity contribution is 0.0255. The molecule has 228 valence electrons. The van der Waals surface area contributed by atoms with Gasteiger partial charge in [0, 0.05) is 31.5 Å². The quantitative estimate of drug-likeness (QED) is 0.208. The van der Waals surface area contributed by atoms with E-state index in [1.807, 2.05) is 103 Å². The SMILES string of the molecule is Cc1c(-n2c(SCCC3CCCN(C(=O)OC(C)(C)C)CC3)nnc2-c2ccccc2Cl)c(=O)n(-c2ccccc2)n1C. The lowest BCUT2D eigenvalue weighted by Crippen LogP contribution is -2.37. The van der Waals surface area contributed by atoms with Crippen molar-refractivity contribution < 1.29 is 9.53 Å². The second-order valence-corrected chi connectivity index (χ2v) is 13.4. The van der Waals surface area contributed by atoms with Crippen LogP contribution < -0.4 is 5.56 Å². The maximum Gasteiger partial charge on any atom is 0.410 e. The van der Waals surface area contributed by atoms with Crippen LogP contribution in [0.15, 0.2) is 64.5 Å². The highest BCUT2D eigenvalue weighted by molar-refractivity contribution is 7.99. The summed E-state index contributed by atoms with van der Waals surface area (Å²) in [4.78, 5) is 28.5. The molecular formula is C32H39ClN6O3S. The van der Waals surface area contributed by atoms with Crippen LogP contribution in [0.1, 0.15) is 52.1 Å². The van der Waals surface area contributed by atoms with Crippen molar-refractivity contribution in [3.05, 3.63) is 75.7 Å². The van der Waals surface area contributed by atoms with Gasteiger partial charge in [0.15, 0.2) is 11.0 Å². The number of para-hydroxylation sites is 1. The molecule has 1 fully saturated rings. The fourth-order valence-corrected chi connectivity index (χ4v) is 6.73. The first-order chi connectivity index (χ1) is 20.5. The van der Waals surface area contributed by atoms with Crippen LogP contribution in [0.4, 0.5) is 4.79 Å². The van der Waals surface area contributed by atoms with E-state index in [9.17, 15) is 9.59 Å². The fourth-order valence-electron chi connectivity index (χ4n) is 5.47. The number of carbonyl (C=O) groups is 1. The summed E-state index contributed by atoms with van der Waals surface area (Å²) in [6.07, 6.45) is 3.66. The number of amides is 1. The Labute approximate surface area is 261 Å². The van der Waals surface area contributed by atoms with E-state index in [1.54, 1.807) is 16.4 Å². The van der Waals surface area contributed by atoms with Gasteiger partial charge in [-0.3, -0.25) is 14.0 Å². The summed E-state index contributed by atoms with van der Waals surface area (Å²) in [6, 6.07) is 17.1. The van der Waals surface area contributed by atoms with Gasteiger partial charge in [0.25, 0.3) is 5.56 Å². The number of hydrogen-bond acceptors (Lipinski definition) is 6. The second-order valence-electron chi connectivity index (χ2n) is 11.9. The molecule has 2 aromatic carbocycles. The summed E-state index contributed by atoms with van der Waals surface area (Å²) >= 11 is 8.21. The molecule has 1 aliphatic heterocycles. The van der Waals surface area contributed by atoms with Crippen LogP contribution >= 0.6 is 23.4 Å². The van der Waals surface area contributed by atoms with E-state index in [2.05, 4.69) is 10.2 Å². The number of rotatable bonds is 7. The summed E-state index contributed by atoms with van der Waals surface area (Å²) < 4.78 is 11.0. The number of likely N-dealkylation sites (tertiary alicyclic amines) is 1. The van der Waals surface area contributed by atoms with Gasteiger partial charge in [0.2, 0.25) is 0 Å². The maximum absolute atomic E-state index is 14.0. The van der Waals surface area contributed by atoms with Crippen molar-refractivity contribution in [3.8, 4) is 22.8 Å². The highest BCUT2D eigenvalue weighted by Gasteiger charge is 2.27. The molecule has 5 rings (SSSR count). The molecular weight excluding hydrogens is 584 g/mol. The Morgan fingerprint density at radius 2 is 1.77 bits per heavy atom. The Balaban J connectivity index is 1.40. The first-order valence-electron chi connectivity index (χ1n) is 14.7. The van der Waals surface area contributed by atoms with Crippen LogP contribution in [-0.2, 0) is 11.8 Å². The summed E-state index contributed by atoms with van der Waals surface area (Å²) in [5.41, 5.74) is 2.11. The van der Waals surface area contributed by atoms with Crippen molar-refractivity contribution in [1.82, 2.24) is 29.0 Å². The van der Waals surface area contributed by atoms with Crippen molar-refractivity contribution in [2.24, 2.45) is 13.0 Å². The minimum Gasteiger partial charge on any atom is -0.444 e. The van der Waals surface area contributed by atoms with Gasteiger partial charge in [0.05, 0.1) is 16.4 Å². The zero-order valence-electron chi connectivity index (χ0n) is 25.4. The third-order valence-corrected chi connectivity index (χ3v) is 9.04. The number of ether oxygens (including phenoxy) is 1. The molecule has 0 spiro atoms. The molecule has 1 unspecified atom stereocenters. The maximum atomic E-state index is 14.0. The van der Waals surface area contributed by atoms with Crippen LogP contribution in [0, 0.1) is 12.8 Å². The Bertz CT molecular complexity index is 1640. The van der Waals surface area contributed by atoms with Crippen molar-refractivity contribution in [2.75, 3.05) is 18.8 Å². The van der Waals surface area contributed by atoms with E-state index in [-0.39, 0.29) is 11.7 Å². The van der Waals surface area contributed by atoms with Crippen LogP contribution in [-0.4, -0.2) is 59.6 Å². The topological polar surface area (TPSA) is 87.2 Å². The van der Waals surface area contributed by atoms with Crippen molar-refractivity contribution in [2.45, 2.75) is 64.1 Å². The van der Waals surface area contributed by atoms with Gasteiger partial charge >= 0.3 is 6.09 Å². The predicted octanol–water partition coefficient (Wildman–Crippen LogP) is 6.90. The third-order valence-electron chi connectivity index (χ3n) is 7.75. The molecule has 4 aromatic rings. The van der Waals surface area contributed by atoms with E-state index in [0.29, 0.717) is 39.7 Å². The van der Waals surface area contributed by atoms with Crippen LogP contribution in [0.25, 0.3) is 22.8 Å². The molecule has 1 saturated heterocycles. The molecule has 3 heterocycles. The van der Waals surface area contributed by atoms with Gasteiger partial charge in [-0.25, -0.2) is 9.48 Å². The van der Waals surface area contributed by atoms with E-state index in [4.69, 9.17) is 16.3 Å². The normalized spacial score (nSPS) is 15.9. The average Bonchev–Trinajstić information content (AvgIpc) is 3.33. The average molecular weight is 623 g/mol. The highest BCUT2D eigenvalue weighted by atomic mass is 35.5. The molecule has 11 heteroatoms. The lowest BCUT2D eigenvalue weighted by atomic mass is 9.98. The Morgan fingerprint density at radius 3 is 2.49 bits per heavy atom. The molecule has 0 N–H and O–H groups in total. The lowest BCUT2D eigenvalue weighted by Gasteiger charge is -2.26. The zero-order valence-corrected chi connectivity index (χ0v) is 27.0. The van der Waals surface area contributed by atoms with E-state index < -0.39 is 5.60 Å². The van der Waals surface area contributed by atoms with Crippen LogP contribution in [0.5, 0.6) is 0 Å². The van der Waals surface area contributed by atoms with E-state index in [0.717, 1.165) is 49.4 Å². The van der Waals surface area contributed by atoms with Gasteiger partial charge in [-0.1, -0.05) is 53.7 Å². The molecule has 0 aliphatic carbocycles. The largest absolute Gasteiger partial charge is 0.444 e. The molecule has 9 nitrogen and oxygen atoms in total. The zero-order chi connectivity index (χ0) is 30.7. The Kier molecular flexibility index (Phi) is 9.36. The monoisotopic (exact) mass is 622 g/mol. The summed E-state index contributed by atoms with van der Waals surface area (Å²) in [5.74, 6) is 1.81. The van der Waals surface area contributed by atoms with Crippen molar-refractivity contribution in [1.29, 1.82) is 0 Å². The molecule has 1 atom stereocenters. The minimum absolute atomic E-state index is 0.160. The van der Waals surface area contributed by atoms with Gasteiger partial charge < -0.3 is 9.64 Å². The van der Waals surface area contributed by atoms with Crippen LogP contribution in [0.2, 0.25) is 5.02 Å². The predicted molar refractivity (Wildman–Crippen MR) is 172 cm³/mol. The van der Waals surface area contributed by atoms with Gasteiger partial charge in [0.1, 0.15) is 11.3 Å². The molecule has 0 radical (unpaired) electrons. The number of carbonyl (C=O) groups excluding carboxylic acids is 1. The van der Waals surface area contributed by atoms with Crippen molar-refractivity contribution in [3.63, 3.8) is 0 Å². The Morgan fingerprint density at radius 1 is 1.05 bits per heavy atom. The van der Waals surface area contributed by atoms with E-state index in [1.165, 1.54) is 0 Å². The second kappa shape index (κ2) is 13.0. The first kappa shape index (κ1) is 30.9. The molecule has 1 amide bonds. The number of thioether (sulfide) groups is 1.